The van der Waals surface area contributed by atoms with Crippen LogP contribution in [0.3, 0.4) is 0 Å². The Kier molecular flexibility index (Phi) is 6.45. The van der Waals surface area contributed by atoms with E-state index in [0.29, 0.717) is 24.2 Å². The molecule has 0 aromatic heterocycles. The van der Waals surface area contributed by atoms with Crippen LogP contribution in [0.2, 0.25) is 0 Å². The Labute approximate surface area is 219 Å². The molecule has 1 atom stereocenters. The SMILES string of the molecule is O.O=S1(=O)OC2(C3=C[C](I)C(O)=C=C3Oc3cc([O-])c(I)cc32)c2ccccc21.[Hg+]. The molecule has 2 aromatic rings. The van der Waals surface area contributed by atoms with Crippen molar-refractivity contribution >= 4 is 55.3 Å². The number of aliphatic hydroxyl groups excluding tert-OH is 1. The number of benzene rings is 2. The summed E-state index contributed by atoms with van der Waals surface area (Å²) in [6.07, 6.45) is 1.61. The average molecular weight is 837 g/mol. The first-order valence-corrected chi connectivity index (χ1v) is 11.5. The van der Waals surface area contributed by atoms with E-state index in [1.165, 1.54) is 12.1 Å². The summed E-state index contributed by atoms with van der Waals surface area (Å²) in [5, 5.41) is 22.3. The second-order valence-electron chi connectivity index (χ2n) is 6.30. The van der Waals surface area contributed by atoms with E-state index in [9.17, 15) is 18.6 Å². The number of hydrogen-bond acceptors (Lipinski definition) is 6. The molecule has 1 spiro atoms. The maximum Gasteiger partial charge on any atom is 1.00 e. The Bertz CT molecular complexity index is 1280. The molecule has 0 fully saturated rings. The van der Waals surface area contributed by atoms with Gasteiger partial charge in [0.1, 0.15) is 14.6 Å². The summed E-state index contributed by atoms with van der Waals surface area (Å²) < 4.78 is 38.2. The third-order valence-electron chi connectivity index (χ3n) is 4.75. The van der Waals surface area contributed by atoms with Gasteiger partial charge in [-0.2, -0.15) is 8.42 Å². The monoisotopic (exact) mass is 838 g/mol. The summed E-state index contributed by atoms with van der Waals surface area (Å²) in [6, 6.07) is 9.38. The third-order valence-corrected chi connectivity index (χ3v) is 7.78. The first kappa shape index (κ1) is 24.0. The van der Waals surface area contributed by atoms with Gasteiger partial charge < -0.3 is 20.4 Å². The molecule has 0 bridgehead atoms. The summed E-state index contributed by atoms with van der Waals surface area (Å²) in [6.45, 7) is 0. The zero-order chi connectivity index (χ0) is 19.8. The maximum atomic E-state index is 12.9. The number of hydrogen-bond donors (Lipinski definition) is 1. The molecule has 2 aliphatic heterocycles. The van der Waals surface area contributed by atoms with E-state index in [-0.39, 0.29) is 61.1 Å². The first-order valence-electron chi connectivity index (χ1n) is 7.93. The van der Waals surface area contributed by atoms with Crippen LogP contribution in [-0.2, 0) is 47.6 Å². The van der Waals surface area contributed by atoms with Gasteiger partial charge >= 0.3 is 27.7 Å². The van der Waals surface area contributed by atoms with Crippen LogP contribution in [0.4, 0.5) is 0 Å². The van der Waals surface area contributed by atoms with Crippen LogP contribution in [0.25, 0.3) is 0 Å². The van der Waals surface area contributed by atoms with Gasteiger partial charge in [-0.25, -0.2) is 4.18 Å². The van der Waals surface area contributed by atoms with Crippen molar-refractivity contribution < 1.29 is 60.7 Å². The van der Waals surface area contributed by atoms with Crippen molar-refractivity contribution in [3.63, 3.8) is 0 Å². The molecule has 7 nitrogen and oxygen atoms in total. The van der Waals surface area contributed by atoms with Gasteiger partial charge in [-0.3, -0.25) is 0 Å². The summed E-state index contributed by atoms with van der Waals surface area (Å²) in [5.74, 6) is -0.124. The molecule has 1 aliphatic carbocycles. The van der Waals surface area contributed by atoms with Crippen LogP contribution in [0, 0.1) is 7.49 Å². The van der Waals surface area contributed by atoms with Crippen molar-refractivity contribution in [2.24, 2.45) is 0 Å². The van der Waals surface area contributed by atoms with E-state index in [2.05, 4.69) is 5.73 Å². The molecule has 3 aliphatic rings. The predicted molar refractivity (Wildman–Crippen MR) is 117 cm³/mol. The Morgan fingerprint density at radius 2 is 1.83 bits per heavy atom. The maximum absolute atomic E-state index is 12.9. The summed E-state index contributed by atoms with van der Waals surface area (Å²) in [4.78, 5) is 0.0538. The molecule has 2 radical (unpaired) electrons. The van der Waals surface area contributed by atoms with Crippen LogP contribution in [0.15, 0.2) is 70.2 Å². The molecular formula is C19H10HgI2O7S. The van der Waals surface area contributed by atoms with E-state index < -0.39 is 15.7 Å². The molecule has 150 valence electrons. The number of rotatable bonds is 0. The Hall–Kier alpha value is -0.635. The fourth-order valence-corrected chi connectivity index (χ4v) is 5.92. The molecule has 2 aromatic carbocycles. The fraction of sp³-hybridized carbons (Fsp3) is 0.0526. The van der Waals surface area contributed by atoms with Gasteiger partial charge in [0.25, 0.3) is 10.1 Å². The first-order chi connectivity index (χ1) is 13.2. The van der Waals surface area contributed by atoms with E-state index in [4.69, 9.17) is 8.92 Å². The van der Waals surface area contributed by atoms with E-state index in [0.717, 1.165) is 0 Å². The van der Waals surface area contributed by atoms with Gasteiger partial charge in [0.05, 0.1) is 0 Å². The van der Waals surface area contributed by atoms with Crippen molar-refractivity contribution in [2.75, 3.05) is 0 Å². The zero-order valence-electron chi connectivity index (χ0n) is 14.9. The molecule has 3 N–H and O–H groups in total. The fourth-order valence-electron chi connectivity index (χ4n) is 3.60. The standard InChI is InChI=1S/C19H9I2O6S.Hg.H2O/c20-12-5-10-16(7-14(12)22)26-17-8-15(23)13(21)6-11(17)19(10)9-3-1-2-4-18(9)28(24,25)27-19;;/h1-7,22-23H;;1H2/q;+1;/p-1. The van der Waals surface area contributed by atoms with Crippen LogP contribution in [0.5, 0.6) is 11.5 Å². The summed E-state index contributed by atoms with van der Waals surface area (Å²) >= 11 is 3.82. The van der Waals surface area contributed by atoms with Crippen LogP contribution >= 0.6 is 45.2 Å². The van der Waals surface area contributed by atoms with Crippen LogP contribution in [0.1, 0.15) is 11.1 Å². The number of ether oxygens (including phenoxy) is 1. The predicted octanol–water partition coefficient (Wildman–Crippen LogP) is 2.72. The second-order valence-corrected chi connectivity index (χ2v) is 10.1. The van der Waals surface area contributed by atoms with Crippen molar-refractivity contribution in [1.29, 1.82) is 0 Å². The van der Waals surface area contributed by atoms with E-state index in [1.54, 1.807) is 30.3 Å². The van der Waals surface area contributed by atoms with Gasteiger partial charge in [0.15, 0.2) is 17.1 Å². The van der Waals surface area contributed by atoms with Crippen molar-refractivity contribution in [1.82, 2.24) is 0 Å². The molecule has 30 heavy (non-hydrogen) atoms. The van der Waals surface area contributed by atoms with Crippen molar-refractivity contribution in [2.45, 2.75) is 10.5 Å². The molecule has 0 saturated carbocycles. The summed E-state index contributed by atoms with van der Waals surface area (Å²) in [7, 11) is -4.06. The van der Waals surface area contributed by atoms with Gasteiger partial charge in [0.2, 0.25) is 0 Å². The van der Waals surface area contributed by atoms with Gasteiger partial charge in [-0.05, 0) is 52.6 Å². The van der Waals surface area contributed by atoms with E-state index >= 15 is 0 Å². The smallest absolute Gasteiger partial charge is 0.872 e. The number of halogens is 2. The second kappa shape index (κ2) is 8.05. The Morgan fingerprint density at radius 1 is 1.13 bits per heavy atom. The van der Waals surface area contributed by atoms with Crippen LogP contribution in [-0.4, -0.2) is 19.0 Å². The third kappa shape index (κ3) is 3.26. The topological polar surface area (TPSA) is 127 Å². The van der Waals surface area contributed by atoms with Gasteiger partial charge in [0, 0.05) is 20.3 Å². The largest absolute Gasteiger partial charge is 1.00 e. The van der Waals surface area contributed by atoms with Crippen molar-refractivity contribution in [3.05, 3.63) is 83.9 Å². The normalized spacial score (nSPS) is 22.8. The van der Waals surface area contributed by atoms with E-state index in [1.807, 2.05) is 45.2 Å². The van der Waals surface area contributed by atoms with Crippen LogP contribution < -0.4 is 9.84 Å². The van der Waals surface area contributed by atoms with Crippen molar-refractivity contribution in [3.8, 4) is 11.5 Å². The Morgan fingerprint density at radius 3 is 2.57 bits per heavy atom. The molecule has 2 heterocycles. The minimum Gasteiger partial charge on any atom is -0.872 e. The van der Waals surface area contributed by atoms with Gasteiger partial charge in [-0.1, -0.05) is 46.5 Å². The molecular weight excluding hydrogens is 827 g/mol. The number of fused-ring (bicyclic) bond motifs is 6. The minimum absolute atomic E-state index is 0. The summed E-state index contributed by atoms with van der Waals surface area (Å²) in [5.41, 5.74) is 2.42. The molecule has 11 heteroatoms. The molecule has 0 amide bonds. The van der Waals surface area contributed by atoms with Gasteiger partial charge in [-0.15, -0.1) is 0 Å². The Balaban J connectivity index is 0.00000128. The molecule has 5 rings (SSSR count). The molecule has 0 saturated heterocycles. The number of aliphatic hydroxyl groups is 1. The quantitative estimate of drug-likeness (QED) is 0.189. The minimum atomic E-state index is -4.06. The molecule has 1 unspecified atom stereocenters. The average Bonchev–Trinajstić information content (AvgIpc) is 2.88. The zero-order valence-corrected chi connectivity index (χ0v) is 25.5.